The molecule has 1 saturated heterocycles. The van der Waals surface area contributed by atoms with Crippen molar-refractivity contribution in [2.45, 2.75) is 31.2 Å². The minimum atomic E-state index is -4.45. The predicted octanol–water partition coefficient (Wildman–Crippen LogP) is 3.58. The quantitative estimate of drug-likeness (QED) is 0.756. The van der Waals surface area contributed by atoms with E-state index in [0.717, 1.165) is 11.6 Å². The lowest BCUT2D eigenvalue weighted by Gasteiger charge is -2.15. The van der Waals surface area contributed by atoms with Gasteiger partial charge in [0.15, 0.2) is 0 Å². The van der Waals surface area contributed by atoms with E-state index in [2.05, 4.69) is 16.2 Å². The molecule has 0 saturated carbocycles. The number of halogens is 4. The number of amides is 1. The highest BCUT2D eigenvalue weighted by Crippen LogP contribution is 2.31. The number of rotatable bonds is 4. The Bertz CT molecular complexity index is 780. The van der Waals surface area contributed by atoms with Gasteiger partial charge in [-0.1, -0.05) is 41.9 Å². The van der Waals surface area contributed by atoms with Crippen molar-refractivity contribution in [3.8, 4) is 0 Å². The van der Waals surface area contributed by atoms with Gasteiger partial charge in [-0.3, -0.25) is 4.79 Å². The number of carbonyl (C=O) groups excluding carboxylic acids is 1. The second-order valence-corrected chi connectivity index (χ2v) is 6.49. The van der Waals surface area contributed by atoms with Crippen LogP contribution in [0, 0.1) is 0 Å². The van der Waals surface area contributed by atoms with Gasteiger partial charge in [-0.05, 0) is 35.7 Å². The summed E-state index contributed by atoms with van der Waals surface area (Å²) in [5, 5.41) is 3.19. The number of hydrogen-bond donors (Lipinski definition) is 3. The summed E-state index contributed by atoms with van der Waals surface area (Å²) in [6, 6.07) is 11.9. The third kappa shape index (κ3) is 4.35. The first-order chi connectivity index (χ1) is 12.3. The van der Waals surface area contributed by atoms with Crippen LogP contribution in [0.3, 0.4) is 0 Å². The summed E-state index contributed by atoms with van der Waals surface area (Å²) < 4.78 is 39.0. The molecule has 1 aliphatic heterocycles. The van der Waals surface area contributed by atoms with Crippen molar-refractivity contribution in [1.29, 1.82) is 0 Å². The van der Waals surface area contributed by atoms with Crippen molar-refractivity contribution >= 4 is 17.5 Å². The third-order valence-corrected chi connectivity index (χ3v) is 4.52. The molecule has 1 amide bonds. The molecule has 2 atom stereocenters. The van der Waals surface area contributed by atoms with E-state index in [-0.39, 0.29) is 24.1 Å². The number of hydrazine groups is 1. The Balaban J connectivity index is 1.59. The Morgan fingerprint density at radius 2 is 1.81 bits per heavy atom. The monoisotopic (exact) mass is 383 g/mol. The summed E-state index contributed by atoms with van der Waals surface area (Å²) in [6.07, 6.45) is -3.97. The van der Waals surface area contributed by atoms with Crippen molar-refractivity contribution < 1.29 is 18.0 Å². The highest BCUT2D eigenvalue weighted by molar-refractivity contribution is 6.30. The predicted molar refractivity (Wildman–Crippen MR) is 92.2 cm³/mol. The molecular weight excluding hydrogens is 367 g/mol. The SMILES string of the molecule is O=C(NCc1ccccc1C(F)(F)F)C1CC(c2ccc(Cl)cc2)NN1. The van der Waals surface area contributed by atoms with Gasteiger partial charge in [-0.25, -0.2) is 10.9 Å². The van der Waals surface area contributed by atoms with Crippen molar-refractivity contribution in [3.05, 3.63) is 70.2 Å². The summed E-state index contributed by atoms with van der Waals surface area (Å²) >= 11 is 5.86. The van der Waals surface area contributed by atoms with Crippen LogP contribution in [0.1, 0.15) is 29.2 Å². The van der Waals surface area contributed by atoms with Crippen LogP contribution in [0.5, 0.6) is 0 Å². The zero-order valence-corrected chi connectivity index (χ0v) is 14.4. The highest BCUT2D eigenvalue weighted by Gasteiger charge is 2.34. The van der Waals surface area contributed by atoms with Crippen molar-refractivity contribution in [2.24, 2.45) is 0 Å². The van der Waals surface area contributed by atoms with Gasteiger partial charge in [-0.15, -0.1) is 0 Å². The van der Waals surface area contributed by atoms with Crippen LogP contribution in [0.15, 0.2) is 48.5 Å². The van der Waals surface area contributed by atoms with Crippen molar-refractivity contribution in [1.82, 2.24) is 16.2 Å². The molecular formula is C18H17ClF3N3O. The topological polar surface area (TPSA) is 53.2 Å². The van der Waals surface area contributed by atoms with Gasteiger partial charge in [0.1, 0.15) is 6.04 Å². The van der Waals surface area contributed by atoms with Crippen molar-refractivity contribution in [2.75, 3.05) is 0 Å². The molecule has 0 bridgehead atoms. The molecule has 0 aromatic heterocycles. The maximum absolute atomic E-state index is 13.0. The van der Waals surface area contributed by atoms with Gasteiger partial charge < -0.3 is 5.32 Å². The molecule has 1 fully saturated rings. The molecule has 0 aliphatic carbocycles. The smallest absolute Gasteiger partial charge is 0.351 e. The molecule has 2 unspecified atom stereocenters. The zero-order valence-electron chi connectivity index (χ0n) is 13.6. The van der Waals surface area contributed by atoms with Gasteiger partial charge in [0.2, 0.25) is 5.91 Å². The lowest BCUT2D eigenvalue weighted by Crippen LogP contribution is -2.43. The van der Waals surface area contributed by atoms with Gasteiger partial charge in [0, 0.05) is 17.6 Å². The van der Waals surface area contributed by atoms with E-state index in [4.69, 9.17) is 11.6 Å². The Hall–Kier alpha value is -2.09. The number of carbonyl (C=O) groups is 1. The average molecular weight is 384 g/mol. The first-order valence-corrected chi connectivity index (χ1v) is 8.42. The fourth-order valence-corrected chi connectivity index (χ4v) is 3.02. The molecule has 1 aliphatic rings. The van der Waals surface area contributed by atoms with E-state index in [1.54, 1.807) is 12.1 Å². The lowest BCUT2D eigenvalue weighted by atomic mass is 10.0. The van der Waals surface area contributed by atoms with Crippen molar-refractivity contribution in [3.63, 3.8) is 0 Å². The van der Waals surface area contributed by atoms with Gasteiger partial charge in [-0.2, -0.15) is 13.2 Å². The normalized spacial score (nSPS) is 20.2. The molecule has 2 aromatic rings. The fraction of sp³-hybridized carbons (Fsp3) is 0.278. The van der Waals surface area contributed by atoms with E-state index in [0.29, 0.717) is 11.4 Å². The number of alkyl halides is 3. The Morgan fingerprint density at radius 3 is 2.50 bits per heavy atom. The standard InChI is InChI=1S/C18H17ClF3N3O/c19-13-7-5-11(6-8-13)15-9-16(25-24-15)17(26)23-10-12-3-1-2-4-14(12)18(20,21)22/h1-8,15-16,24-25H,9-10H2,(H,23,26). The second-order valence-electron chi connectivity index (χ2n) is 6.05. The maximum atomic E-state index is 13.0. The molecule has 138 valence electrons. The summed E-state index contributed by atoms with van der Waals surface area (Å²) in [5.74, 6) is -0.356. The first kappa shape index (κ1) is 18.7. The maximum Gasteiger partial charge on any atom is 0.416 e. The largest absolute Gasteiger partial charge is 0.416 e. The molecule has 1 heterocycles. The number of benzene rings is 2. The second kappa shape index (κ2) is 7.65. The minimum absolute atomic E-state index is 0.0357. The molecule has 26 heavy (non-hydrogen) atoms. The summed E-state index contributed by atoms with van der Waals surface area (Å²) in [5.41, 5.74) is 6.18. The molecule has 0 spiro atoms. The lowest BCUT2D eigenvalue weighted by molar-refractivity contribution is -0.138. The van der Waals surface area contributed by atoms with Crippen LogP contribution in [-0.2, 0) is 17.5 Å². The number of nitrogens with one attached hydrogen (secondary N) is 3. The van der Waals surface area contributed by atoms with Gasteiger partial charge >= 0.3 is 6.18 Å². The van der Waals surface area contributed by atoms with E-state index in [9.17, 15) is 18.0 Å². The highest BCUT2D eigenvalue weighted by atomic mass is 35.5. The summed E-state index contributed by atoms with van der Waals surface area (Å²) in [6.45, 7) is -0.182. The number of hydrogen-bond acceptors (Lipinski definition) is 3. The first-order valence-electron chi connectivity index (χ1n) is 8.04. The zero-order chi connectivity index (χ0) is 18.7. The Labute approximate surface area is 153 Å². The van der Waals surface area contributed by atoms with Crippen LogP contribution in [0.4, 0.5) is 13.2 Å². The van der Waals surface area contributed by atoms with Crippen LogP contribution < -0.4 is 16.2 Å². The summed E-state index contributed by atoms with van der Waals surface area (Å²) in [4.78, 5) is 12.3. The molecule has 2 aromatic carbocycles. The average Bonchev–Trinajstić information content (AvgIpc) is 3.10. The van der Waals surface area contributed by atoms with Crippen LogP contribution in [0.2, 0.25) is 5.02 Å². The van der Waals surface area contributed by atoms with E-state index < -0.39 is 17.8 Å². The van der Waals surface area contributed by atoms with E-state index >= 15 is 0 Å². The van der Waals surface area contributed by atoms with Crippen LogP contribution in [0.25, 0.3) is 0 Å². The fourth-order valence-electron chi connectivity index (χ4n) is 2.90. The minimum Gasteiger partial charge on any atom is -0.351 e. The molecule has 3 rings (SSSR count). The van der Waals surface area contributed by atoms with Gasteiger partial charge in [0.25, 0.3) is 0 Å². The third-order valence-electron chi connectivity index (χ3n) is 4.27. The Morgan fingerprint density at radius 1 is 1.12 bits per heavy atom. The molecule has 8 heteroatoms. The Kier molecular flexibility index (Phi) is 5.50. The van der Waals surface area contributed by atoms with Crippen LogP contribution >= 0.6 is 11.6 Å². The van der Waals surface area contributed by atoms with Crippen LogP contribution in [-0.4, -0.2) is 11.9 Å². The van der Waals surface area contributed by atoms with E-state index in [1.807, 2.05) is 12.1 Å². The summed E-state index contributed by atoms with van der Waals surface area (Å²) in [7, 11) is 0. The molecule has 0 radical (unpaired) electrons. The van der Waals surface area contributed by atoms with E-state index in [1.165, 1.54) is 18.2 Å². The molecule has 4 nitrogen and oxygen atoms in total. The molecule has 3 N–H and O–H groups in total. The van der Waals surface area contributed by atoms with Gasteiger partial charge in [0.05, 0.1) is 5.56 Å².